The maximum absolute atomic E-state index is 9.94. The topological polar surface area (TPSA) is 91.5 Å². The average molecular weight is 430 g/mol. The summed E-state index contributed by atoms with van der Waals surface area (Å²) in [6, 6.07) is 0. The van der Waals surface area contributed by atoms with E-state index in [1.54, 1.807) is 0 Å². The fraction of sp³-hybridized carbons (Fsp3) is 0.958. The summed E-state index contributed by atoms with van der Waals surface area (Å²) in [7, 11) is 0. The number of nitrogens with zero attached hydrogens (tertiary/aromatic N) is 1. The van der Waals surface area contributed by atoms with Crippen LogP contribution in [0.1, 0.15) is 110 Å². The van der Waals surface area contributed by atoms with Crippen molar-refractivity contribution in [2.45, 2.75) is 135 Å². The Balaban J connectivity index is 1.89. The Bertz CT molecular complexity index is 432. The molecule has 6 heteroatoms. The standard InChI is InChI=1S/C24H47NO5/c1-3-4-5-6-7-8-9-10-11-12-13-14-15-16-17-30-25-20(2)18-22-24(28)23(27)21(26)19-29-22/h21-24,26-28H,3-19H2,1-2H3/b25-20-/t21-,22+,23+,24+/m1/s1. The van der Waals surface area contributed by atoms with Crippen molar-refractivity contribution < 1.29 is 24.9 Å². The van der Waals surface area contributed by atoms with Crippen LogP contribution in [0.2, 0.25) is 0 Å². The zero-order valence-corrected chi connectivity index (χ0v) is 19.4. The molecule has 0 aromatic rings. The van der Waals surface area contributed by atoms with Gasteiger partial charge in [-0.1, -0.05) is 89.1 Å². The summed E-state index contributed by atoms with van der Waals surface area (Å²) < 4.78 is 5.38. The van der Waals surface area contributed by atoms with Gasteiger partial charge in [0.2, 0.25) is 0 Å². The van der Waals surface area contributed by atoms with E-state index >= 15 is 0 Å². The van der Waals surface area contributed by atoms with Crippen LogP contribution >= 0.6 is 0 Å². The molecule has 0 amide bonds. The summed E-state index contributed by atoms with van der Waals surface area (Å²) in [6.07, 6.45) is 15.1. The average Bonchev–Trinajstić information content (AvgIpc) is 2.74. The minimum Gasteiger partial charge on any atom is -0.396 e. The Morgan fingerprint density at radius 3 is 1.83 bits per heavy atom. The summed E-state index contributed by atoms with van der Waals surface area (Å²) in [5.41, 5.74) is 0.716. The van der Waals surface area contributed by atoms with Gasteiger partial charge in [-0.2, -0.15) is 0 Å². The number of ether oxygens (including phenoxy) is 1. The first-order valence-electron chi connectivity index (χ1n) is 12.4. The van der Waals surface area contributed by atoms with Gasteiger partial charge in [-0.15, -0.1) is 0 Å². The van der Waals surface area contributed by atoms with Gasteiger partial charge >= 0.3 is 0 Å². The number of oxime groups is 1. The van der Waals surface area contributed by atoms with Crippen LogP contribution in [-0.2, 0) is 9.57 Å². The lowest BCUT2D eigenvalue weighted by molar-refractivity contribution is -0.184. The van der Waals surface area contributed by atoms with E-state index in [4.69, 9.17) is 9.57 Å². The monoisotopic (exact) mass is 429 g/mol. The Labute approximate surface area is 184 Å². The molecule has 1 heterocycles. The van der Waals surface area contributed by atoms with E-state index in [1.807, 2.05) is 6.92 Å². The van der Waals surface area contributed by atoms with Crippen molar-refractivity contribution in [3.63, 3.8) is 0 Å². The molecule has 0 bridgehead atoms. The fourth-order valence-corrected chi connectivity index (χ4v) is 3.89. The SMILES string of the molecule is CCCCCCCCCCCCCCCCO/N=C(/C)C[C@@H]1OC[C@@H](O)[C@H](O)[C@H]1O. The Morgan fingerprint density at radius 2 is 1.30 bits per heavy atom. The Hall–Kier alpha value is -0.690. The summed E-state index contributed by atoms with van der Waals surface area (Å²) in [4.78, 5) is 5.37. The summed E-state index contributed by atoms with van der Waals surface area (Å²) in [6.45, 7) is 4.71. The van der Waals surface area contributed by atoms with E-state index in [-0.39, 0.29) is 6.61 Å². The second kappa shape index (κ2) is 17.9. The van der Waals surface area contributed by atoms with Crippen molar-refractivity contribution in [2.75, 3.05) is 13.2 Å². The van der Waals surface area contributed by atoms with Crippen LogP contribution in [0.4, 0.5) is 0 Å². The smallest absolute Gasteiger partial charge is 0.117 e. The van der Waals surface area contributed by atoms with E-state index in [1.165, 1.54) is 83.5 Å². The van der Waals surface area contributed by atoms with Crippen LogP contribution in [0.5, 0.6) is 0 Å². The molecule has 1 fully saturated rings. The van der Waals surface area contributed by atoms with Gasteiger partial charge in [-0.05, 0) is 19.8 Å². The van der Waals surface area contributed by atoms with Gasteiger partial charge in [0.15, 0.2) is 0 Å². The van der Waals surface area contributed by atoms with Crippen LogP contribution in [-0.4, -0.2) is 58.7 Å². The van der Waals surface area contributed by atoms with E-state index in [0.29, 0.717) is 18.7 Å². The third kappa shape index (κ3) is 12.9. The molecular formula is C24H47NO5. The third-order valence-electron chi connectivity index (χ3n) is 5.91. The predicted octanol–water partition coefficient (Wildman–Crippen LogP) is 4.73. The van der Waals surface area contributed by atoms with Crippen molar-refractivity contribution in [1.82, 2.24) is 0 Å². The summed E-state index contributed by atoms with van der Waals surface area (Å²) in [5, 5.41) is 33.2. The molecule has 0 aliphatic carbocycles. The summed E-state index contributed by atoms with van der Waals surface area (Å²) in [5.74, 6) is 0. The molecule has 30 heavy (non-hydrogen) atoms. The molecule has 178 valence electrons. The van der Waals surface area contributed by atoms with Crippen molar-refractivity contribution in [2.24, 2.45) is 5.16 Å². The molecule has 0 saturated carbocycles. The second-order valence-electron chi connectivity index (χ2n) is 8.88. The molecule has 4 atom stereocenters. The number of unbranched alkanes of at least 4 members (excludes halogenated alkanes) is 13. The minimum absolute atomic E-state index is 0.0239. The first-order chi connectivity index (χ1) is 14.6. The molecule has 0 unspecified atom stereocenters. The third-order valence-corrected chi connectivity index (χ3v) is 5.91. The normalized spacial score (nSPS) is 24.9. The molecular weight excluding hydrogens is 382 g/mol. The quantitative estimate of drug-likeness (QED) is 0.166. The zero-order chi connectivity index (χ0) is 22.0. The predicted molar refractivity (Wildman–Crippen MR) is 122 cm³/mol. The number of aliphatic hydroxyl groups is 3. The van der Waals surface area contributed by atoms with Gasteiger partial charge in [0.1, 0.15) is 24.9 Å². The van der Waals surface area contributed by atoms with Crippen molar-refractivity contribution in [1.29, 1.82) is 0 Å². The molecule has 3 N–H and O–H groups in total. The number of aliphatic hydroxyl groups excluding tert-OH is 3. The highest BCUT2D eigenvalue weighted by Gasteiger charge is 2.37. The second-order valence-corrected chi connectivity index (χ2v) is 8.88. The van der Waals surface area contributed by atoms with E-state index < -0.39 is 24.4 Å². The Morgan fingerprint density at radius 1 is 0.800 bits per heavy atom. The lowest BCUT2D eigenvalue weighted by Crippen LogP contribution is -2.53. The molecule has 0 aromatic carbocycles. The van der Waals surface area contributed by atoms with E-state index in [9.17, 15) is 15.3 Å². The molecule has 1 aliphatic heterocycles. The highest BCUT2D eigenvalue weighted by Crippen LogP contribution is 2.19. The van der Waals surface area contributed by atoms with Crippen LogP contribution in [0.25, 0.3) is 0 Å². The lowest BCUT2D eigenvalue weighted by atomic mass is 9.97. The molecule has 6 nitrogen and oxygen atoms in total. The Kier molecular flexibility index (Phi) is 16.3. The zero-order valence-electron chi connectivity index (χ0n) is 19.4. The molecule has 1 saturated heterocycles. The van der Waals surface area contributed by atoms with Crippen molar-refractivity contribution in [3.8, 4) is 0 Å². The first-order valence-corrected chi connectivity index (χ1v) is 12.4. The van der Waals surface area contributed by atoms with Gasteiger partial charge in [-0.25, -0.2) is 0 Å². The van der Waals surface area contributed by atoms with Gasteiger partial charge in [0, 0.05) is 6.42 Å². The highest BCUT2D eigenvalue weighted by atomic mass is 16.6. The van der Waals surface area contributed by atoms with Gasteiger partial charge < -0.3 is 24.9 Å². The fourth-order valence-electron chi connectivity index (χ4n) is 3.89. The maximum atomic E-state index is 9.94. The van der Waals surface area contributed by atoms with Gasteiger partial charge in [0.05, 0.1) is 18.4 Å². The van der Waals surface area contributed by atoms with Gasteiger partial charge in [-0.3, -0.25) is 0 Å². The molecule has 0 radical (unpaired) electrons. The maximum Gasteiger partial charge on any atom is 0.117 e. The van der Waals surface area contributed by atoms with Crippen LogP contribution < -0.4 is 0 Å². The van der Waals surface area contributed by atoms with Crippen LogP contribution in [0.15, 0.2) is 5.16 Å². The molecule has 0 aromatic heterocycles. The van der Waals surface area contributed by atoms with Gasteiger partial charge in [0.25, 0.3) is 0 Å². The summed E-state index contributed by atoms with van der Waals surface area (Å²) >= 11 is 0. The van der Waals surface area contributed by atoms with Crippen LogP contribution in [0, 0.1) is 0 Å². The van der Waals surface area contributed by atoms with Crippen molar-refractivity contribution in [3.05, 3.63) is 0 Å². The van der Waals surface area contributed by atoms with E-state index in [2.05, 4.69) is 12.1 Å². The number of hydrogen-bond donors (Lipinski definition) is 3. The number of rotatable bonds is 18. The number of hydrogen-bond acceptors (Lipinski definition) is 6. The molecule has 0 spiro atoms. The van der Waals surface area contributed by atoms with E-state index in [0.717, 1.165) is 6.42 Å². The minimum atomic E-state index is -1.17. The lowest BCUT2D eigenvalue weighted by Gasteiger charge is -2.35. The first kappa shape index (κ1) is 27.3. The van der Waals surface area contributed by atoms with Crippen molar-refractivity contribution >= 4 is 5.71 Å². The highest BCUT2D eigenvalue weighted by molar-refractivity contribution is 5.81. The largest absolute Gasteiger partial charge is 0.396 e. The molecule has 1 rings (SSSR count). The van der Waals surface area contributed by atoms with Crippen LogP contribution in [0.3, 0.4) is 0 Å². The molecule has 1 aliphatic rings.